The molecule has 3 nitrogen and oxygen atoms in total. The number of aryl methyl sites for hydroxylation is 1. The van der Waals surface area contributed by atoms with Gasteiger partial charge in [0, 0.05) is 56.5 Å². The Morgan fingerprint density at radius 2 is 0.974 bits per heavy atom. The molecule has 4 heteroatoms. The van der Waals surface area contributed by atoms with Gasteiger partial charge in [0.25, 0.3) is 0 Å². The van der Waals surface area contributed by atoms with Crippen LogP contribution in [0.3, 0.4) is 0 Å². The van der Waals surface area contributed by atoms with Crippen molar-refractivity contribution in [2.45, 2.75) is 105 Å². The molecule has 3 aliphatic rings. The van der Waals surface area contributed by atoms with Crippen LogP contribution in [0.15, 0.2) is 206 Å². The average Bonchev–Trinajstić information content (AvgIpc) is 3.56. The van der Waals surface area contributed by atoms with Gasteiger partial charge in [-0.2, -0.15) is 0 Å². The van der Waals surface area contributed by atoms with Crippen molar-refractivity contribution in [2.75, 3.05) is 14.6 Å². The van der Waals surface area contributed by atoms with E-state index in [1.165, 1.54) is 117 Å². The summed E-state index contributed by atoms with van der Waals surface area (Å²) in [5, 5.41) is 2.46. The summed E-state index contributed by atoms with van der Waals surface area (Å²) in [7, 11) is 0. The quantitative estimate of drug-likeness (QED) is 0.154. The van der Waals surface area contributed by atoms with Gasteiger partial charge in [-0.05, 0) is 185 Å². The van der Waals surface area contributed by atoms with Crippen molar-refractivity contribution < 1.29 is 0 Å². The van der Waals surface area contributed by atoms with Crippen LogP contribution in [-0.2, 0) is 21.7 Å². The SMILES string of the molecule is Cc1cc(C(C)(C)C)ccc1N1c2cc(N(c3ccc(C(C)(C)C)cc3)c3ccc(C(C)(C)C)cc3)ccc2B2c3c(cc(-c4ccccc4)cc31)-c1cc3ccccc3cc1N2c1ccc2c(c1)C(C)(C)c1ccccc1-2. The molecule has 0 amide bonds. The van der Waals surface area contributed by atoms with Gasteiger partial charge in [0.2, 0.25) is 0 Å². The maximum Gasteiger partial charge on any atom is 0.333 e. The van der Waals surface area contributed by atoms with Crippen molar-refractivity contribution in [1.82, 2.24) is 0 Å². The van der Waals surface area contributed by atoms with Crippen molar-refractivity contribution in [3.63, 3.8) is 0 Å². The zero-order valence-corrected chi connectivity index (χ0v) is 47.5. The van der Waals surface area contributed by atoms with Gasteiger partial charge in [0.1, 0.15) is 0 Å². The Morgan fingerprint density at radius 1 is 0.397 bits per heavy atom. The van der Waals surface area contributed by atoms with E-state index < -0.39 is 0 Å². The molecule has 2 heterocycles. The highest BCUT2D eigenvalue weighted by Gasteiger charge is 2.47. The second-order valence-corrected chi connectivity index (χ2v) is 26.0. The van der Waals surface area contributed by atoms with Gasteiger partial charge in [-0.25, -0.2) is 0 Å². The van der Waals surface area contributed by atoms with Crippen LogP contribution in [0.1, 0.15) is 110 Å². The lowest BCUT2D eigenvalue weighted by Gasteiger charge is -2.46. The third-order valence-electron chi connectivity index (χ3n) is 17.4. The maximum absolute atomic E-state index is 2.70. The van der Waals surface area contributed by atoms with Gasteiger partial charge in [0.05, 0.1) is 0 Å². The molecule has 0 aromatic heterocycles. The number of hydrogen-bond donors (Lipinski definition) is 0. The van der Waals surface area contributed by atoms with E-state index >= 15 is 0 Å². The summed E-state index contributed by atoms with van der Waals surface area (Å²) >= 11 is 0. The predicted molar refractivity (Wildman–Crippen MR) is 336 cm³/mol. The van der Waals surface area contributed by atoms with Gasteiger partial charge in [-0.3, -0.25) is 0 Å². The normalized spacial score (nSPS) is 14.2. The third-order valence-corrected chi connectivity index (χ3v) is 17.4. The Kier molecular flexibility index (Phi) is 11.3. The van der Waals surface area contributed by atoms with E-state index in [0.29, 0.717) is 0 Å². The summed E-state index contributed by atoms with van der Waals surface area (Å²) in [5.41, 5.74) is 27.2. The van der Waals surface area contributed by atoms with E-state index in [1.54, 1.807) is 0 Å². The Bertz CT molecular complexity index is 3960. The van der Waals surface area contributed by atoms with E-state index in [-0.39, 0.29) is 28.5 Å². The molecule has 1 aliphatic carbocycles. The molecular weight excluding hydrogens is 942 g/mol. The molecule has 13 rings (SSSR count). The van der Waals surface area contributed by atoms with Crippen molar-refractivity contribution in [1.29, 1.82) is 0 Å². The van der Waals surface area contributed by atoms with E-state index in [4.69, 9.17) is 0 Å². The number of anilines is 8. The first-order valence-electron chi connectivity index (χ1n) is 28.1. The summed E-state index contributed by atoms with van der Waals surface area (Å²) in [4.78, 5) is 7.79. The van der Waals surface area contributed by atoms with Crippen LogP contribution in [-0.4, -0.2) is 6.85 Å². The van der Waals surface area contributed by atoms with Gasteiger partial charge in [-0.1, -0.05) is 204 Å². The number of fused-ring (bicyclic) bond motifs is 8. The lowest BCUT2D eigenvalue weighted by molar-refractivity contribution is 0.589. The largest absolute Gasteiger partial charge is 0.376 e. The fourth-order valence-corrected chi connectivity index (χ4v) is 13.0. The highest BCUT2D eigenvalue weighted by atomic mass is 15.2. The molecule has 0 N–H and O–H groups in total. The van der Waals surface area contributed by atoms with Crippen LogP contribution in [0, 0.1) is 6.92 Å². The molecule has 0 unspecified atom stereocenters. The Balaban J connectivity index is 1.13. The van der Waals surface area contributed by atoms with Crippen LogP contribution < -0.4 is 25.5 Å². The molecule has 10 aromatic rings. The van der Waals surface area contributed by atoms with Crippen LogP contribution in [0.4, 0.5) is 45.5 Å². The second-order valence-electron chi connectivity index (χ2n) is 26.0. The summed E-state index contributed by atoms with van der Waals surface area (Å²) in [6.07, 6.45) is 0. The summed E-state index contributed by atoms with van der Waals surface area (Å²) < 4.78 is 0. The number of hydrogen-bond acceptors (Lipinski definition) is 3. The first kappa shape index (κ1) is 49.5. The highest BCUT2D eigenvalue weighted by Crippen LogP contribution is 2.54. The van der Waals surface area contributed by atoms with Crippen molar-refractivity contribution in [3.05, 3.63) is 240 Å². The van der Waals surface area contributed by atoms with E-state index in [1.807, 2.05) is 0 Å². The van der Waals surface area contributed by atoms with Crippen LogP contribution >= 0.6 is 0 Å². The zero-order valence-electron chi connectivity index (χ0n) is 47.5. The number of nitrogens with zero attached hydrogens (tertiary/aromatic N) is 3. The van der Waals surface area contributed by atoms with Gasteiger partial charge >= 0.3 is 6.85 Å². The minimum Gasteiger partial charge on any atom is -0.376 e. The van der Waals surface area contributed by atoms with Crippen LogP contribution in [0.5, 0.6) is 0 Å². The zero-order chi connectivity index (χ0) is 54.2. The molecule has 78 heavy (non-hydrogen) atoms. The van der Waals surface area contributed by atoms with Gasteiger partial charge in [-0.15, -0.1) is 0 Å². The standard InChI is InChI=1S/C74H70BN3/c1-47-40-54(73(8,9)10)30-39-66(47)77-68-46-57(76(55-31-26-52(27-32-55)71(2,3)4)56-33-28-53(29-34-56)72(5,6)7)36-38-65(68)75-70-62(42-51(44-69(70)77)48-20-14-13-15-21-48)61-41-49-22-16-17-23-50(49)43-67(61)78(75)58-35-37-60-59-24-18-19-25-63(59)74(11,12)64(60)45-58/h13-46H,1-12H3. The topological polar surface area (TPSA) is 9.72 Å². The first-order valence-corrected chi connectivity index (χ1v) is 28.1. The molecule has 0 saturated heterocycles. The third kappa shape index (κ3) is 8.01. The lowest BCUT2D eigenvalue weighted by atomic mass is 9.43. The molecule has 384 valence electrons. The highest BCUT2D eigenvalue weighted by molar-refractivity contribution is 6.93. The van der Waals surface area contributed by atoms with Crippen LogP contribution in [0.2, 0.25) is 0 Å². The minimum absolute atomic E-state index is 0.0158. The molecule has 0 radical (unpaired) electrons. The molecule has 2 aliphatic heterocycles. The molecule has 0 spiro atoms. The Morgan fingerprint density at radius 3 is 1.62 bits per heavy atom. The molecule has 0 atom stereocenters. The fourth-order valence-electron chi connectivity index (χ4n) is 13.0. The minimum atomic E-state index is -0.182. The van der Waals surface area contributed by atoms with Crippen molar-refractivity contribution in [2.24, 2.45) is 0 Å². The summed E-state index contributed by atoms with van der Waals surface area (Å²) in [6, 6.07) is 79.2. The lowest BCUT2D eigenvalue weighted by Crippen LogP contribution is -2.61. The fraction of sp³-hybridized carbons (Fsp3) is 0.216. The number of rotatable bonds is 6. The van der Waals surface area contributed by atoms with Gasteiger partial charge < -0.3 is 14.6 Å². The van der Waals surface area contributed by atoms with Crippen molar-refractivity contribution >= 4 is 74.0 Å². The summed E-state index contributed by atoms with van der Waals surface area (Å²) in [5.74, 6) is 0. The smallest absolute Gasteiger partial charge is 0.333 e. The Hall–Kier alpha value is -8.08. The van der Waals surface area contributed by atoms with Crippen LogP contribution in [0.25, 0.3) is 44.2 Å². The molecule has 0 bridgehead atoms. The maximum atomic E-state index is 2.70. The molecular formula is C74H70BN3. The average molecular weight is 1010 g/mol. The first-order chi connectivity index (χ1) is 37.2. The molecule has 0 saturated carbocycles. The van der Waals surface area contributed by atoms with E-state index in [2.05, 4.69) is 304 Å². The Labute approximate surface area is 464 Å². The molecule has 10 aromatic carbocycles. The predicted octanol–water partition coefficient (Wildman–Crippen LogP) is 19.2. The summed E-state index contributed by atoms with van der Waals surface area (Å²) in [6.45, 7) is 27.7. The van der Waals surface area contributed by atoms with E-state index in [9.17, 15) is 0 Å². The number of benzene rings is 10. The van der Waals surface area contributed by atoms with E-state index in [0.717, 1.165) is 17.1 Å². The monoisotopic (exact) mass is 1010 g/mol. The second kappa shape index (κ2) is 17.7. The molecule has 0 fully saturated rings. The van der Waals surface area contributed by atoms with Gasteiger partial charge in [0.15, 0.2) is 0 Å². The van der Waals surface area contributed by atoms with Crippen molar-refractivity contribution in [3.8, 4) is 33.4 Å².